The van der Waals surface area contributed by atoms with Crippen LogP contribution in [0.25, 0.3) is 0 Å². The highest BCUT2D eigenvalue weighted by atomic mass is 35.5. The molecule has 100 valence electrons. The van der Waals surface area contributed by atoms with E-state index in [9.17, 15) is 0 Å². The minimum absolute atomic E-state index is 0.335. The molecule has 4 nitrogen and oxygen atoms in total. The molecule has 0 saturated heterocycles. The second kappa shape index (κ2) is 7.53. The average molecular weight is 289 g/mol. The highest BCUT2D eigenvalue weighted by molar-refractivity contribution is 7.80. The highest BCUT2D eigenvalue weighted by Gasteiger charge is 2.07. The van der Waals surface area contributed by atoms with Crippen molar-refractivity contribution in [1.29, 1.82) is 0 Å². The smallest absolute Gasteiger partial charge is 0.174 e. The zero-order valence-corrected chi connectivity index (χ0v) is 12.2. The molecule has 0 aromatic heterocycles. The van der Waals surface area contributed by atoms with Crippen LogP contribution < -0.4 is 10.6 Å². The minimum Gasteiger partial charge on any atom is -0.357 e. The summed E-state index contributed by atoms with van der Waals surface area (Å²) in [6.07, 6.45) is -0.335. The number of nitrogens with one attached hydrogen (secondary N) is 2. The van der Waals surface area contributed by atoms with E-state index in [1.807, 2.05) is 25.1 Å². The number of ether oxygens (including phenoxy) is 2. The van der Waals surface area contributed by atoms with Gasteiger partial charge in [-0.3, -0.25) is 0 Å². The minimum atomic E-state index is -0.335. The Bertz CT molecular complexity index is 411. The van der Waals surface area contributed by atoms with Crippen molar-refractivity contribution < 1.29 is 9.47 Å². The van der Waals surface area contributed by atoms with E-state index in [2.05, 4.69) is 10.6 Å². The molecule has 18 heavy (non-hydrogen) atoms. The van der Waals surface area contributed by atoms with Gasteiger partial charge in [0.25, 0.3) is 0 Å². The molecule has 0 amide bonds. The first-order chi connectivity index (χ1) is 8.56. The summed E-state index contributed by atoms with van der Waals surface area (Å²) in [5.74, 6) is 0. The number of hydrogen-bond acceptors (Lipinski definition) is 3. The van der Waals surface area contributed by atoms with E-state index in [0.29, 0.717) is 16.7 Å². The van der Waals surface area contributed by atoms with Crippen molar-refractivity contribution in [3.8, 4) is 0 Å². The molecule has 0 aliphatic heterocycles. The third kappa shape index (κ3) is 4.78. The Kier molecular flexibility index (Phi) is 6.35. The largest absolute Gasteiger partial charge is 0.357 e. The standard InChI is InChI=1S/C12H17ClN2O2S/c1-8-4-5-10(9(13)6-8)15-12(18)14-7-11(16-2)17-3/h4-6,11H,7H2,1-3H3,(H2,14,15,18). The molecule has 0 unspecified atom stereocenters. The van der Waals surface area contributed by atoms with Gasteiger partial charge in [-0.1, -0.05) is 17.7 Å². The number of thiocarbonyl (C=S) groups is 1. The van der Waals surface area contributed by atoms with Crippen molar-refractivity contribution in [3.63, 3.8) is 0 Å². The highest BCUT2D eigenvalue weighted by Crippen LogP contribution is 2.22. The van der Waals surface area contributed by atoms with E-state index in [-0.39, 0.29) is 6.29 Å². The third-order valence-electron chi connectivity index (χ3n) is 2.33. The lowest BCUT2D eigenvalue weighted by Crippen LogP contribution is -2.36. The summed E-state index contributed by atoms with van der Waals surface area (Å²) < 4.78 is 10.1. The lowest BCUT2D eigenvalue weighted by Gasteiger charge is -2.16. The van der Waals surface area contributed by atoms with Gasteiger partial charge >= 0.3 is 0 Å². The first-order valence-electron chi connectivity index (χ1n) is 5.43. The predicted molar refractivity (Wildman–Crippen MR) is 78.2 cm³/mol. The van der Waals surface area contributed by atoms with Gasteiger partial charge in [-0.05, 0) is 36.8 Å². The summed E-state index contributed by atoms with van der Waals surface area (Å²) in [4.78, 5) is 0. The molecule has 0 saturated carbocycles. The van der Waals surface area contributed by atoms with E-state index in [1.165, 1.54) is 0 Å². The molecule has 6 heteroatoms. The van der Waals surface area contributed by atoms with Crippen LogP contribution in [-0.4, -0.2) is 32.2 Å². The molecule has 0 fully saturated rings. The second-order valence-corrected chi connectivity index (χ2v) is 4.53. The Hall–Kier alpha value is -0.880. The first kappa shape index (κ1) is 15.2. The maximum absolute atomic E-state index is 6.09. The molecule has 0 spiro atoms. The van der Waals surface area contributed by atoms with E-state index < -0.39 is 0 Å². The Balaban J connectivity index is 2.49. The van der Waals surface area contributed by atoms with Gasteiger partial charge < -0.3 is 20.1 Å². The summed E-state index contributed by atoms with van der Waals surface area (Å²) in [6, 6.07) is 5.72. The molecule has 0 bridgehead atoms. The lowest BCUT2D eigenvalue weighted by atomic mass is 10.2. The molecule has 1 aromatic carbocycles. The fraction of sp³-hybridized carbons (Fsp3) is 0.417. The van der Waals surface area contributed by atoms with E-state index in [1.54, 1.807) is 14.2 Å². The molecule has 1 aromatic rings. The van der Waals surface area contributed by atoms with Gasteiger partial charge in [0.1, 0.15) is 0 Å². The Morgan fingerprint density at radius 3 is 2.61 bits per heavy atom. The fourth-order valence-corrected chi connectivity index (χ4v) is 1.80. The monoisotopic (exact) mass is 288 g/mol. The van der Waals surface area contributed by atoms with Crippen molar-refractivity contribution in [2.45, 2.75) is 13.2 Å². The molecule has 2 N–H and O–H groups in total. The predicted octanol–water partition coefficient (Wildman–Crippen LogP) is 2.55. The molecular weight excluding hydrogens is 272 g/mol. The second-order valence-electron chi connectivity index (χ2n) is 3.72. The van der Waals surface area contributed by atoms with Gasteiger partial charge in [-0.2, -0.15) is 0 Å². The van der Waals surface area contributed by atoms with Crippen LogP contribution in [-0.2, 0) is 9.47 Å². The van der Waals surface area contributed by atoms with Crippen molar-refractivity contribution in [1.82, 2.24) is 5.32 Å². The number of anilines is 1. The van der Waals surface area contributed by atoms with Crippen LogP contribution in [0, 0.1) is 6.92 Å². The Morgan fingerprint density at radius 1 is 1.39 bits per heavy atom. The summed E-state index contributed by atoms with van der Waals surface area (Å²) in [5.41, 5.74) is 1.87. The number of rotatable bonds is 5. The van der Waals surface area contributed by atoms with Crippen molar-refractivity contribution >= 4 is 34.6 Å². The average Bonchev–Trinajstić information content (AvgIpc) is 2.34. The van der Waals surface area contributed by atoms with Crippen LogP contribution in [0.3, 0.4) is 0 Å². The molecule has 0 radical (unpaired) electrons. The van der Waals surface area contributed by atoms with Gasteiger partial charge in [0.15, 0.2) is 11.4 Å². The molecule has 0 heterocycles. The summed E-state index contributed by atoms with van der Waals surface area (Å²) in [6.45, 7) is 2.44. The number of halogens is 1. The van der Waals surface area contributed by atoms with Crippen LogP contribution >= 0.6 is 23.8 Å². The summed E-state index contributed by atoms with van der Waals surface area (Å²) in [5, 5.41) is 7.11. The Labute approximate surface area is 118 Å². The summed E-state index contributed by atoms with van der Waals surface area (Å²) >= 11 is 11.2. The van der Waals surface area contributed by atoms with E-state index >= 15 is 0 Å². The SMILES string of the molecule is COC(CNC(=S)Nc1ccc(C)cc1Cl)OC. The van der Waals surface area contributed by atoms with Gasteiger partial charge in [-0.25, -0.2) is 0 Å². The summed E-state index contributed by atoms with van der Waals surface area (Å²) in [7, 11) is 3.15. The number of aryl methyl sites for hydroxylation is 1. The van der Waals surface area contributed by atoms with Gasteiger partial charge in [-0.15, -0.1) is 0 Å². The molecule has 0 aliphatic carbocycles. The quantitative estimate of drug-likeness (QED) is 0.644. The van der Waals surface area contributed by atoms with Crippen LogP contribution in [0.1, 0.15) is 5.56 Å². The van der Waals surface area contributed by atoms with Gasteiger partial charge in [0, 0.05) is 14.2 Å². The number of methoxy groups -OCH3 is 2. The first-order valence-corrected chi connectivity index (χ1v) is 6.22. The normalized spacial score (nSPS) is 10.5. The maximum atomic E-state index is 6.09. The number of hydrogen-bond donors (Lipinski definition) is 2. The van der Waals surface area contributed by atoms with Crippen LogP contribution in [0.15, 0.2) is 18.2 Å². The number of benzene rings is 1. The molecular formula is C12H17ClN2O2S. The molecule has 1 rings (SSSR count). The van der Waals surface area contributed by atoms with Crippen LogP contribution in [0.2, 0.25) is 5.02 Å². The zero-order valence-electron chi connectivity index (χ0n) is 10.6. The van der Waals surface area contributed by atoms with Crippen LogP contribution in [0.5, 0.6) is 0 Å². The zero-order chi connectivity index (χ0) is 13.5. The van der Waals surface area contributed by atoms with E-state index in [4.69, 9.17) is 33.3 Å². The molecule has 0 atom stereocenters. The molecule has 0 aliphatic rings. The van der Waals surface area contributed by atoms with Crippen molar-refractivity contribution in [2.75, 3.05) is 26.1 Å². The topological polar surface area (TPSA) is 42.5 Å². The fourth-order valence-electron chi connectivity index (χ4n) is 1.33. The maximum Gasteiger partial charge on any atom is 0.174 e. The van der Waals surface area contributed by atoms with Crippen molar-refractivity contribution in [2.24, 2.45) is 0 Å². The van der Waals surface area contributed by atoms with Crippen molar-refractivity contribution in [3.05, 3.63) is 28.8 Å². The lowest BCUT2D eigenvalue weighted by molar-refractivity contribution is -0.0964. The van der Waals surface area contributed by atoms with Crippen LogP contribution in [0.4, 0.5) is 5.69 Å². The third-order valence-corrected chi connectivity index (χ3v) is 2.89. The van der Waals surface area contributed by atoms with Gasteiger partial charge in [0.05, 0.1) is 17.3 Å². The van der Waals surface area contributed by atoms with E-state index in [0.717, 1.165) is 11.3 Å². The Morgan fingerprint density at radius 2 is 2.06 bits per heavy atom. The van der Waals surface area contributed by atoms with Gasteiger partial charge in [0.2, 0.25) is 0 Å².